The first-order chi connectivity index (χ1) is 7.21. The minimum atomic E-state index is -0.303. The Bertz CT molecular complexity index is 208. The molecule has 4 heteroatoms. The molecule has 4 nitrogen and oxygen atoms in total. The van der Waals surface area contributed by atoms with E-state index in [4.69, 9.17) is 10.5 Å². The van der Waals surface area contributed by atoms with Crippen molar-refractivity contribution in [2.45, 2.75) is 59.5 Å². The Morgan fingerprint density at radius 1 is 1.25 bits per heavy atom. The second-order valence-corrected chi connectivity index (χ2v) is 4.48. The number of amides is 1. The van der Waals surface area contributed by atoms with E-state index in [9.17, 15) is 9.59 Å². The maximum Gasteiger partial charge on any atom is 0.219 e. The van der Waals surface area contributed by atoms with Gasteiger partial charge < -0.3 is 15.3 Å². The van der Waals surface area contributed by atoms with Crippen LogP contribution in [0.25, 0.3) is 0 Å². The van der Waals surface area contributed by atoms with E-state index in [0.29, 0.717) is 13.0 Å². The van der Waals surface area contributed by atoms with E-state index >= 15 is 0 Å². The van der Waals surface area contributed by atoms with Gasteiger partial charge >= 0.3 is 0 Å². The first kappa shape index (κ1) is 17.5. The van der Waals surface area contributed by atoms with E-state index in [0.717, 1.165) is 12.8 Å². The molecule has 0 bridgehead atoms. The summed E-state index contributed by atoms with van der Waals surface area (Å²) < 4.78 is 5.48. The van der Waals surface area contributed by atoms with Crippen LogP contribution in [0, 0.1) is 0 Å². The van der Waals surface area contributed by atoms with Crippen molar-refractivity contribution in [3.05, 3.63) is 0 Å². The molecule has 0 aromatic heterocycles. The van der Waals surface area contributed by atoms with Crippen molar-refractivity contribution in [3.8, 4) is 0 Å². The molecule has 0 saturated carbocycles. The Hall–Kier alpha value is -0.900. The van der Waals surface area contributed by atoms with Gasteiger partial charge in [0.25, 0.3) is 0 Å². The molecule has 0 spiro atoms. The molecule has 0 atom stereocenters. The SMILES string of the molecule is CC(C)=O.CCCC(C)(C)OCCC(N)=O. The lowest BCUT2D eigenvalue weighted by atomic mass is 10.0. The van der Waals surface area contributed by atoms with Gasteiger partial charge in [0.05, 0.1) is 12.2 Å². The first-order valence-electron chi connectivity index (χ1n) is 5.60. The minimum Gasteiger partial charge on any atom is -0.375 e. The lowest BCUT2D eigenvalue weighted by Crippen LogP contribution is -2.26. The van der Waals surface area contributed by atoms with Crippen molar-refractivity contribution in [1.29, 1.82) is 0 Å². The zero-order valence-corrected chi connectivity index (χ0v) is 11.1. The fourth-order valence-corrected chi connectivity index (χ4v) is 1.10. The summed E-state index contributed by atoms with van der Waals surface area (Å²) >= 11 is 0. The van der Waals surface area contributed by atoms with Crippen LogP contribution in [-0.2, 0) is 14.3 Å². The van der Waals surface area contributed by atoms with Crippen molar-refractivity contribution in [3.63, 3.8) is 0 Å². The Kier molecular flexibility index (Phi) is 10.2. The third kappa shape index (κ3) is 18.8. The standard InChI is InChI=1S/C9H19NO2.C3H6O/c1-4-6-9(2,3)12-7-5-8(10)11;1-3(2)4/h4-7H2,1-3H3,(H2,10,11);1-2H3. The third-order valence-electron chi connectivity index (χ3n) is 1.69. The number of hydrogen-bond donors (Lipinski definition) is 1. The summed E-state index contributed by atoms with van der Waals surface area (Å²) in [6, 6.07) is 0. The highest BCUT2D eigenvalue weighted by atomic mass is 16.5. The molecule has 2 N–H and O–H groups in total. The van der Waals surface area contributed by atoms with Crippen LogP contribution in [0.5, 0.6) is 0 Å². The number of ether oxygens (including phenoxy) is 1. The third-order valence-corrected chi connectivity index (χ3v) is 1.69. The van der Waals surface area contributed by atoms with Gasteiger partial charge in [-0.05, 0) is 34.1 Å². The zero-order valence-electron chi connectivity index (χ0n) is 11.1. The number of hydrogen-bond acceptors (Lipinski definition) is 3. The number of ketones is 1. The predicted octanol–water partition coefficient (Wildman–Crippen LogP) is 2.05. The highest BCUT2D eigenvalue weighted by Gasteiger charge is 2.16. The van der Waals surface area contributed by atoms with Gasteiger partial charge in [0.15, 0.2) is 0 Å². The normalized spacial score (nSPS) is 10.3. The van der Waals surface area contributed by atoms with Crippen molar-refractivity contribution in [2.24, 2.45) is 5.73 Å². The van der Waals surface area contributed by atoms with Crippen molar-refractivity contribution in [2.75, 3.05) is 6.61 Å². The average Bonchev–Trinajstić information content (AvgIpc) is 2.00. The van der Waals surface area contributed by atoms with E-state index in [2.05, 4.69) is 6.92 Å². The van der Waals surface area contributed by atoms with Crippen LogP contribution in [0.3, 0.4) is 0 Å². The summed E-state index contributed by atoms with van der Waals surface area (Å²) in [5, 5.41) is 0. The van der Waals surface area contributed by atoms with Crippen LogP contribution in [0.2, 0.25) is 0 Å². The van der Waals surface area contributed by atoms with Gasteiger partial charge in [0.1, 0.15) is 5.78 Å². The average molecular weight is 231 g/mol. The smallest absolute Gasteiger partial charge is 0.219 e. The number of carbonyl (C=O) groups is 2. The van der Waals surface area contributed by atoms with Gasteiger partial charge in [-0.1, -0.05) is 13.3 Å². The van der Waals surface area contributed by atoms with Crippen LogP contribution in [0.1, 0.15) is 53.9 Å². The van der Waals surface area contributed by atoms with Crippen LogP contribution in [0.15, 0.2) is 0 Å². The Morgan fingerprint density at radius 3 is 2.00 bits per heavy atom. The molecule has 0 fully saturated rings. The molecule has 0 aliphatic heterocycles. The van der Waals surface area contributed by atoms with E-state index in [-0.39, 0.29) is 17.3 Å². The molecule has 0 saturated heterocycles. The fraction of sp³-hybridized carbons (Fsp3) is 0.833. The Labute approximate surface area is 98.5 Å². The molecule has 0 aromatic rings. The highest BCUT2D eigenvalue weighted by molar-refractivity contribution is 5.73. The Morgan fingerprint density at radius 2 is 1.69 bits per heavy atom. The number of nitrogens with two attached hydrogens (primary N) is 1. The van der Waals surface area contributed by atoms with Gasteiger partial charge in [-0.2, -0.15) is 0 Å². The topological polar surface area (TPSA) is 69.4 Å². The monoisotopic (exact) mass is 231 g/mol. The molecule has 0 heterocycles. The zero-order chi connectivity index (χ0) is 13.2. The predicted molar refractivity (Wildman–Crippen MR) is 65.1 cm³/mol. The number of rotatable bonds is 6. The quantitative estimate of drug-likeness (QED) is 0.760. The summed E-state index contributed by atoms with van der Waals surface area (Å²) in [4.78, 5) is 19.8. The molecule has 0 aromatic carbocycles. The molecule has 0 unspecified atom stereocenters. The summed E-state index contributed by atoms with van der Waals surface area (Å²) in [6.45, 7) is 9.65. The van der Waals surface area contributed by atoms with Gasteiger partial charge in [-0.15, -0.1) is 0 Å². The van der Waals surface area contributed by atoms with Crippen molar-refractivity contribution < 1.29 is 14.3 Å². The van der Waals surface area contributed by atoms with Gasteiger partial charge in [0, 0.05) is 6.42 Å². The summed E-state index contributed by atoms with van der Waals surface area (Å²) in [6.07, 6.45) is 2.41. The number of Topliss-reactive ketones (excluding diaryl/α,β-unsaturated/α-hetero) is 1. The largest absolute Gasteiger partial charge is 0.375 e. The maximum absolute atomic E-state index is 10.4. The number of carbonyl (C=O) groups excluding carboxylic acids is 2. The Balaban J connectivity index is 0. The second kappa shape index (κ2) is 9.33. The van der Waals surface area contributed by atoms with E-state index in [1.807, 2.05) is 13.8 Å². The van der Waals surface area contributed by atoms with Crippen molar-refractivity contribution in [1.82, 2.24) is 0 Å². The van der Waals surface area contributed by atoms with E-state index < -0.39 is 0 Å². The van der Waals surface area contributed by atoms with Crippen LogP contribution in [0.4, 0.5) is 0 Å². The molecule has 0 radical (unpaired) electrons. The first-order valence-corrected chi connectivity index (χ1v) is 5.60. The van der Waals surface area contributed by atoms with E-state index in [1.54, 1.807) is 0 Å². The molecule has 96 valence electrons. The molecule has 0 aliphatic carbocycles. The fourth-order valence-electron chi connectivity index (χ4n) is 1.10. The van der Waals surface area contributed by atoms with Crippen LogP contribution < -0.4 is 5.73 Å². The highest BCUT2D eigenvalue weighted by Crippen LogP contribution is 2.16. The van der Waals surface area contributed by atoms with Crippen LogP contribution >= 0.6 is 0 Å². The van der Waals surface area contributed by atoms with Gasteiger partial charge in [-0.25, -0.2) is 0 Å². The van der Waals surface area contributed by atoms with E-state index in [1.165, 1.54) is 13.8 Å². The van der Waals surface area contributed by atoms with Crippen LogP contribution in [-0.4, -0.2) is 23.9 Å². The lowest BCUT2D eigenvalue weighted by molar-refractivity contribution is -0.120. The van der Waals surface area contributed by atoms with Gasteiger partial charge in [0.2, 0.25) is 5.91 Å². The summed E-state index contributed by atoms with van der Waals surface area (Å²) in [5.41, 5.74) is 4.86. The molecular weight excluding hydrogens is 206 g/mol. The lowest BCUT2D eigenvalue weighted by Gasteiger charge is -2.24. The molecule has 1 amide bonds. The summed E-state index contributed by atoms with van der Waals surface area (Å²) in [5.74, 6) is -0.137. The maximum atomic E-state index is 10.4. The molecule has 0 rings (SSSR count). The van der Waals surface area contributed by atoms with Gasteiger partial charge in [-0.3, -0.25) is 4.79 Å². The summed E-state index contributed by atoms with van der Waals surface area (Å²) in [7, 11) is 0. The van der Waals surface area contributed by atoms with Crippen molar-refractivity contribution >= 4 is 11.7 Å². The molecule has 0 aliphatic rings. The number of primary amides is 1. The second-order valence-electron chi connectivity index (χ2n) is 4.48. The molecule has 16 heavy (non-hydrogen) atoms. The molecular formula is C12H25NO3. The minimum absolute atomic E-state index is 0.121.